The fourth-order valence-corrected chi connectivity index (χ4v) is 1.38. The van der Waals surface area contributed by atoms with Crippen molar-refractivity contribution in [3.8, 4) is 17.2 Å². The van der Waals surface area contributed by atoms with Crippen LogP contribution in [0.1, 0.15) is 5.82 Å². The molecule has 0 spiro atoms. The molecule has 0 unspecified atom stereocenters. The molecule has 1 heterocycles. The molecule has 0 radical (unpaired) electrons. The van der Waals surface area contributed by atoms with Gasteiger partial charge < -0.3 is 20.1 Å². The molecule has 0 atom stereocenters. The first kappa shape index (κ1) is 14.1. The van der Waals surface area contributed by atoms with Gasteiger partial charge in [-0.25, -0.2) is 0 Å². The van der Waals surface area contributed by atoms with Crippen LogP contribution in [0.15, 0.2) is 22.7 Å². The lowest BCUT2D eigenvalue weighted by Crippen LogP contribution is -2.16. The zero-order valence-electron chi connectivity index (χ0n) is 10.0. The number of aromatic hydroxyl groups is 1. The van der Waals surface area contributed by atoms with Crippen LogP contribution in [0.3, 0.4) is 0 Å². The Morgan fingerprint density at radius 2 is 2.10 bits per heavy atom. The second-order valence-electron chi connectivity index (χ2n) is 3.90. The molecule has 1 aromatic carbocycles. The molecule has 2 aromatic rings. The van der Waals surface area contributed by atoms with Gasteiger partial charge in [0.1, 0.15) is 19.0 Å². The molecule has 0 bridgehead atoms. The van der Waals surface area contributed by atoms with E-state index in [0.29, 0.717) is 5.56 Å². The van der Waals surface area contributed by atoms with Gasteiger partial charge in [-0.05, 0) is 18.2 Å². The van der Waals surface area contributed by atoms with Crippen LogP contribution < -0.4 is 5.73 Å². The quantitative estimate of drug-likeness (QED) is 0.661. The van der Waals surface area contributed by atoms with E-state index in [9.17, 15) is 18.3 Å². The number of nitrogen functional groups attached to an aromatic ring is 1. The molecule has 6 nitrogen and oxygen atoms in total. The normalized spacial score (nSPS) is 11.8. The van der Waals surface area contributed by atoms with Gasteiger partial charge in [-0.3, -0.25) is 0 Å². The van der Waals surface area contributed by atoms with Crippen molar-refractivity contribution in [2.45, 2.75) is 12.8 Å². The van der Waals surface area contributed by atoms with Crippen LogP contribution in [-0.4, -0.2) is 28.0 Å². The van der Waals surface area contributed by atoms with E-state index >= 15 is 0 Å². The first-order valence-electron chi connectivity index (χ1n) is 5.41. The lowest BCUT2D eigenvalue weighted by atomic mass is 10.2. The Bertz CT molecular complexity index is 598. The highest BCUT2D eigenvalue weighted by Crippen LogP contribution is 2.26. The SMILES string of the molecule is Nc1cc(-c2nc(COCC(F)(F)F)no2)ccc1O. The second kappa shape index (κ2) is 5.37. The van der Waals surface area contributed by atoms with Crippen molar-refractivity contribution < 1.29 is 27.5 Å². The van der Waals surface area contributed by atoms with Crippen LogP contribution in [0.5, 0.6) is 5.75 Å². The van der Waals surface area contributed by atoms with Gasteiger partial charge in [0.25, 0.3) is 5.89 Å². The lowest BCUT2D eigenvalue weighted by Gasteiger charge is -2.04. The Morgan fingerprint density at radius 1 is 1.35 bits per heavy atom. The molecule has 3 N–H and O–H groups in total. The summed E-state index contributed by atoms with van der Waals surface area (Å²) in [6.07, 6.45) is -4.40. The minimum Gasteiger partial charge on any atom is -0.506 e. The number of hydrogen-bond acceptors (Lipinski definition) is 6. The fourth-order valence-electron chi connectivity index (χ4n) is 1.38. The maximum Gasteiger partial charge on any atom is 0.411 e. The Kier molecular flexibility index (Phi) is 3.79. The minimum absolute atomic E-state index is 0.0177. The van der Waals surface area contributed by atoms with E-state index in [1.807, 2.05) is 0 Å². The zero-order chi connectivity index (χ0) is 14.8. The van der Waals surface area contributed by atoms with Crippen LogP contribution >= 0.6 is 0 Å². The van der Waals surface area contributed by atoms with Crippen LogP contribution in [0, 0.1) is 0 Å². The molecule has 1 aromatic heterocycles. The molecule has 20 heavy (non-hydrogen) atoms. The van der Waals surface area contributed by atoms with Gasteiger partial charge in [0.15, 0.2) is 5.82 Å². The smallest absolute Gasteiger partial charge is 0.411 e. The molecule has 2 rings (SSSR count). The Balaban J connectivity index is 2.03. The van der Waals surface area contributed by atoms with Crippen molar-refractivity contribution >= 4 is 5.69 Å². The van der Waals surface area contributed by atoms with Gasteiger partial charge in [-0.15, -0.1) is 0 Å². The maximum absolute atomic E-state index is 11.9. The van der Waals surface area contributed by atoms with Gasteiger partial charge in [0.2, 0.25) is 0 Å². The molecule has 0 saturated heterocycles. The largest absolute Gasteiger partial charge is 0.506 e. The van der Waals surface area contributed by atoms with Crippen molar-refractivity contribution in [1.29, 1.82) is 0 Å². The van der Waals surface area contributed by atoms with E-state index in [4.69, 9.17) is 10.3 Å². The van der Waals surface area contributed by atoms with Crippen molar-refractivity contribution in [3.05, 3.63) is 24.0 Å². The van der Waals surface area contributed by atoms with Crippen LogP contribution in [0.4, 0.5) is 18.9 Å². The Morgan fingerprint density at radius 3 is 2.75 bits per heavy atom. The van der Waals surface area contributed by atoms with E-state index in [1.165, 1.54) is 18.2 Å². The highest BCUT2D eigenvalue weighted by Gasteiger charge is 2.27. The van der Waals surface area contributed by atoms with Crippen LogP contribution in [0.2, 0.25) is 0 Å². The molecule has 9 heteroatoms. The third-order valence-corrected chi connectivity index (χ3v) is 2.24. The summed E-state index contributed by atoms with van der Waals surface area (Å²) in [5.74, 6) is -0.0415. The average Bonchev–Trinajstić information content (AvgIpc) is 2.80. The van der Waals surface area contributed by atoms with Crippen molar-refractivity contribution in [3.63, 3.8) is 0 Å². The number of rotatable bonds is 4. The van der Waals surface area contributed by atoms with Gasteiger partial charge >= 0.3 is 6.18 Å². The summed E-state index contributed by atoms with van der Waals surface area (Å²) >= 11 is 0. The zero-order valence-corrected chi connectivity index (χ0v) is 10.0. The van der Waals surface area contributed by atoms with Gasteiger partial charge in [-0.1, -0.05) is 5.16 Å². The monoisotopic (exact) mass is 289 g/mol. The lowest BCUT2D eigenvalue weighted by molar-refractivity contribution is -0.177. The van der Waals surface area contributed by atoms with E-state index in [0.717, 1.165) is 0 Å². The van der Waals surface area contributed by atoms with Crippen LogP contribution in [0.25, 0.3) is 11.5 Å². The fraction of sp³-hybridized carbons (Fsp3) is 0.273. The first-order chi connectivity index (χ1) is 9.35. The molecule has 0 amide bonds. The maximum atomic E-state index is 11.9. The number of alkyl halides is 3. The molecule has 0 aliphatic carbocycles. The summed E-state index contributed by atoms with van der Waals surface area (Å²) in [5.41, 5.74) is 6.06. The summed E-state index contributed by atoms with van der Waals surface area (Å²) in [6.45, 7) is -1.81. The number of anilines is 1. The molecule has 0 saturated carbocycles. The number of phenolic OH excluding ortho intramolecular Hbond substituents is 1. The number of phenols is 1. The number of nitrogens with two attached hydrogens (primary N) is 1. The van der Waals surface area contributed by atoms with Crippen LogP contribution in [-0.2, 0) is 11.3 Å². The highest BCUT2D eigenvalue weighted by atomic mass is 19.4. The number of nitrogens with zero attached hydrogens (tertiary/aromatic N) is 2. The standard InChI is InChI=1S/C11H10F3N3O3/c12-11(13,14)5-19-4-9-16-10(20-17-9)6-1-2-8(18)7(15)3-6/h1-3,18H,4-5,15H2. The Labute approximate surface area is 111 Å². The number of benzene rings is 1. The first-order valence-corrected chi connectivity index (χ1v) is 5.41. The van der Waals surface area contributed by atoms with Crippen molar-refractivity contribution in [2.75, 3.05) is 12.3 Å². The topological polar surface area (TPSA) is 94.4 Å². The number of ether oxygens (including phenoxy) is 1. The number of hydrogen-bond donors (Lipinski definition) is 2. The van der Waals surface area contributed by atoms with Crippen molar-refractivity contribution in [1.82, 2.24) is 10.1 Å². The summed E-state index contributed by atoms with van der Waals surface area (Å²) in [4.78, 5) is 3.86. The Hall–Kier alpha value is -2.29. The van der Waals surface area contributed by atoms with E-state index in [1.54, 1.807) is 0 Å². The molecular weight excluding hydrogens is 279 g/mol. The van der Waals surface area contributed by atoms with Gasteiger partial charge in [0, 0.05) is 5.56 Å². The summed E-state index contributed by atoms with van der Waals surface area (Å²) in [5, 5.41) is 12.8. The highest BCUT2D eigenvalue weighted by molar-refractivity contribution is 5.64. The molecule has 0 fully saturated rings. The molecule has 0 aliphatic heterocycles. The van der Waals surface area contributed by atoms with Gasteiger partial charge in [-0.2, -0.15) is 18.2 Å². The van der Waals surface area contributed by atoms with E-state index < -0.39 is 19.4 Å². The molecule has 108 valence electrons. The number of aromatic nitrogens is 2. The third kappa shape index (κ3) is 3.60. The van der Waals surface area contributed by atoms with Crippen molar-refractivity contribution in [2.24, 2.45) is 0 Å². The number of halogens is 3. The van der Waals surface area contributed by atoms with E-state index in [-0.39, 0.29) is 23.2 Å². The summed E-state index contributed by atoms with van der Waals surface area (Å²) in [6, 6.07) is 4.23. The minimum atomic E-state index is -4.40. The predicted molar refractivity (Wildman–Crippen MR) is 61.5 cm³/mol. The third-order valence-electron chi connectivity index (χ3n) is 2.24. The second-order valence-corrected chi connectivity index (χ2v) is 3.90. The predicted octanol–water partition coefficient (Wildman–Crippen LogP) is 2.10. The van der Waals surface area contributed by atoms with E-state index in [2.05, 4.69) is 14.9 Å². The van der Waals surface area contributed by atoms with Gasteiger partial charge in [0.05, 0.1) is 5.69 Å². The summed E-state index contributed by atoms with van der Waals surface area (Å²) < 4.78 is 44.9. The molecular formula is C11H10F3N3O3. The summed E-state index contributed by atoms with van der Waals surface area (Å²) in [7, 11) is 0. The molecule has 0 aliphatic rings. The average molecular weight is 289 g/mol.